The molecule has 6 nitrogen and oxygen atoms in total. The summed E-state index contributed by atoms with van der Waals surface area (Å²) in [5.41, 5.74) is -1.15. The normalized spacial score (nSPS) is 11.0. The van der Waals surface area contributed by atoms with Gasteiger partial charge in [0.05, 0.1) is 0 Å². The molecule has 1 N–H and O–H groups in total. The molecular formula is C15H14N2O4. The van der Waals surface area contributed by atoms with Gasteiger partial charge >= 0.3 is 5.69 Å². The van der Waals surface area contributed by atoms with Gasteiger partial charge in [0.15, 0.2) is 5.78 Å². The number of rotatable bonds is 3. The van der Waals surface area contributed by atoms with Crippen LogP contribution in [-0.4, -0.2) is 20.0 Å². The van der Waals surface area contributed by atoms with Crippen LogP contribution in [0.15, 0.2) is 46.0 Å². The van der Waals surface area contributed by atoms with E-state index in [1.807, 2.05) is 18.2 Å². The number of ketones is 1. The highest BCUT2D eigenvalue weighted by Crippen LogP contribution is 2.11. The molecular weight excluding hydrogens is 272 g/mol. The Morgan fingerprint density at radius 3 is 2.33 bits per heavy atom. The first-order valence-electron chi connectivity index (χ1n) is 6.20. The van der Waals surface area contributed by atoms with E-state index in [9.17, 15) is 19.5 Å². The molecule has 0 fully saturated rings. The lowest BCUT2D eigenvalue weighted by Gasteiger charge is -2.07. The molecule has 0 unspecified atom stereocenters. The van der Waals surface area contributed by atoms with Crippen molar-refractivity contribution in [2.24, 2.45) is 14.1 Å². The maximum absolute atomic E-state index is 12.1. The van der Waals surface area contributed by atoms with Gasteiger partial charge < -0.3 is 5.11 Å². The van der Waals surface area contributed by atoms with Gasteiger partial charge in [-0.1, -0.05) is 36.4 Å². The van der Waals surface area contributed by atoms with E-state index in [1.54, 1.807) is 12.1 Å². The van der Waals surface area contributed by atoms with E-state index in [2.05, 4.69) is 0 Å². The average molecular weight is 286 g/mol. The van der Waals surface area contributed by atoms with E-state index in [-0.39, 0.29) is 0 Å². The van der Waals surface area contributed by atoms with Crippen LogP contribution in [-0.2, 0) is 14.1 Å². The van der Waals surface area contributed by atoms with E-state index in [0.29, 0.717) is 0 Å². The van der Waals surface area contributed by atoms with Gasteiger partial charge in [-0.3, -0.25) is 18.7 Å². The second-order valence-electron chi connectivity index (χ2n) is 4.51. The SMILES string of the molecule is Cn1c(O)c(C(=O)C=Cc2ccccc2)c(=O)n(C)c1=O. The number of aromatic nitrogens is 2. The fraction of sp³-hybridized carbons (Fsp3) is 0.133. The second kappa shape index (κ2) is 5.62. The number of benzene rings is 1. The predicted octanol–water partition coefficient (Wildman–Crippen LogP) is 0.686. The lowest BCUT2D eigenvalue weighted by Crippen LogP contribution is -2.39. The lowest BCUT2D eigenvalue weighted by atomic mass is 10.1. The summed E-state index contributed by atoms with van der Waals surface area (Å²) in [6, 6.07) is 9.05. The van der Waals surface area contributed by atoms with Gasteiger partial charge in [-0.15, -0.1) is 0 Å². The molecule has 0 bridgehead atoms. The third-order valence-electron chi connectivity index (χ3n) is 3.11. The molecule has 1 aromatic carbocycles. The van der Waals surface area contributed by atoms with Crippen molar-refractivity contribution in [2.75, 3.05) is 0 Å². The first kappa shape index (κ1) is 14.5. The molecule has 108 valence electrons. The summed E-state index contributed by atoms with van der Waals surface area (Å²) < 4.78 is 1.63. The van der Waals surface area contributed by atoms with Crippen molar-refractivity contribution in [3.05, 3.63) is 68.4 Å². The Kier molecular flexibility index (Phi) is 3.89. The molecule has 0 saturated heterocycles. The van der Waals surface area contributed by atoms with Crippen molar-refractivity contribution in [2.45, 2.75) is 0 Å². The molecule has 0 amide bonds. The van der Waals surface area contributed by atoms with Crippen LogP contribution in [0.5, 0.6) is 5.88 Å². The molecule has 2 rings (SSSR count). The molecule has 21 heavy (non-hydrogen) atoms. The summed E-state index contributed by atoms with van der Waals surface area (Å²) in [5, 5.41) is 9.85. The minimum absolute atomic E-state index is 0.424. The van der Waals surface area contributed by atoms with Crippen molar-refractivity contribution in [1.29, 1.82) is 0 Å². The van der Waals surface area contributed by atoms with Crippen molar-refractivity contribution in [1.82, 2.24) is 9.13 Å². The van der Waals surface area contributed by atoms with Gasteiger partial charge in [-0.05, 0) is 11.6 Å². The van der Waals surface area contributed by atoms with Gasteiger partial charge in [-0.2, -0.15) is 0 Å². The average Bonchev–Trinajstić information content (AvgIpc) is 2.50. The molecule has 0 radical (unpaired) electrons. The fourth-order valence-corrected chi connectivity index (χ4v) is 1.87. The summed E-state index contributed by atoms with van der Waals surface area (Å²) >= 11 is 0. The highest BCUT2D eigenvalue weighted by atomic mass is 16.3. The molecule has 0 aliphatic carbocycles. The van der Waals surface area contributed by atoms with Crippen molar-refractivity contribution in [3.63, 3.8) is 0 Å². The van der Waals surface area contributed by atoms with Gasteiger partial charge in [0.1, 0.15) is 5.56 Å². The Hall–Kier alpha value is -2.89. The van der Waals surface area contributed by atoms with Gasteiger partial charge in [0, 0.05) is 14.1 Å². The van der Waals surface area contributed by atoms with Gasteiger partial charge in [0.25, 0.3) is 5.56 Å². The smallest absolute Gasteiger partial charge is 0.333 e. The molecule has 6 heteroatoms. The van der Waals surface area contributed by atoms with E-state index in [1.165, 1.54) is 26.2 Å². The number of hydrogen-bond donors (Lipinski definition) is 1. The predicted molar refractivity (Wildman–Crippen MR) is 78.4 cm³/mol. The number of carbonyl (C=O) groups excluding carboxylic acids is 1. The highest BCUT2D eigenvalue weighted by Gasteiger charge is 2.19. The molecule has 0 aliphatic heterocycles. The topological polar surface area (TPSA) is 81.3 Å². The van der Waals surface area contributed by atoms with E-state index in [0.717, 1.165) is 14.7 Å². The Balaban J connectivity index is 2.48. The first-order chi connectivity index (χ1) is 9.93. The number of nitrogens with zero attached hydrogens (tertiary/aromatic N) is 2. The maximum Gasteiger partial charge on any atom is 0.333 e. The van der Waals surface area contributed by atoms with E-state index in [4.69, 9.17) is 0 Å². The maximum atomic E-state index is 12.1. The third-order valence-corrected chi connectivity index (χ3v) is 3.11. The molecule has 0 aliphatic rings. The molecule has 1 aromatic heterocycles. The zero-order chi connectivity index (χ0) is 15.6. The molecule has 1 heterocycles. The van der Waals surface area contributed by atoms with Crippen LogP contribution in [0, 0.1) is 0 Å². The van der Waals surface area contributed by atoms with Crippen molar-refractivity contribution >= 4 is 11.9 Å². The van der Waals surface area contributed by atoms with Crippen LogP contribution in [0.3, 0.4) is 0 Å². The number of carbonyl (C=O) groups is 1. The second-order valence-corrected chi connectivity index (χ2v) is 4.51. The largest absolute Gasteiger partial charge is 0.494 e. The van der Waals surface area contributed by atoms with Crippen LogP contribution >= 0.6 is 0 Å². The van der Waals surface area contributed by atoms with Crippen LogP contribution in [0.1, 0.15) is 15.9 Å². The monoisotopic (exact) mass is 286 g/mol. The molecule has 2 aromatic rings. The quantitative estimate of drug-likeness (QED) is 0.664. The zero-order valence-electron chi connectivity index (χ0n) is 11.6. The van der Waals surface area contributed by atoms with Crippen LogP contribution in [0.25, 0.3) is 6.08 Å². The zero-order valence-corrected chi connectivity index (χ0v) is 11.6. The third kappa shape index (κ3) is 2.69. The minimum atomic E-state index is -0.821. The van der Waals surface area contributed by atoms with Crippen LogP contribution in [0.4, 0.5) is 0 Å². The Labute approximate surface area is 120 Å². The number of hydrogen-bond acceptors (Lipinski definition) is 4. The van der Waals surface area contributed by atoms with Crippen LogP contribution < -0.4 is 11.2 Å². The summed E-state index contributed by atoms with van der Waals surface area (Å²) in [5.74, 6) is -1.29. The number of aromatic hydroxyl groups is 1. The Morgan fingerprint density at radius 2 is 1.71 bits per heavy atom. The van der Waals surface area contributed by atoms with Gasteiger partial charge in [0.2, 0.25) is 5.88 Å². The summed E-state index contributed by atoms with van der Waals surface area (Å²) in [7, 11) is 2.54. The van der Waals surface area contributed by atoms with E-state index >= 15 is 0 Å². The Bertz CT molecular complexity index is 829. The molecule has 0 atom stereocenters. The lowest BCUT2D eigenvalue weighted by molar-refractivity contribution is 0.104. The summed E-state index contributed by atoms with van der Waals surface area (Å²) in [6.45, 7) is 0. The fourth-order valence-electron chi connectivity index (χ4n) is 1.87. The Morgan fingerprint density at radius 1 is 1.10 bits per heavy atom. The highest BCUT2D eigenvalue weighted by molar-refractivity contribution is 6.08. The molecule has 0 saturated carbocycles. The van der Waals surface area contributed by atoms with Crippen LogP contribution in [0.2, 0.25) is 0 Å². The summed E-state index contributed by atoms with van der Waals surface area (Å²) in [4.78, 5) is 35.7. The van der Waals surface area contributed by atoms with Crippen molar-refractivity contribution in [3.8, 4) is 5.88 Å². The first-order valence-corrected chi connectivity index (χ1v) is 6.20. The number of allylic oxidation sites excluding steroid dienone is 1. The van der Waals surface area contributed by atoms with Crippen molar-refractivity contribution < 1.29 is 9.90 Å². The minimum Gasteiger partial charge on any atom is -0.494 e. The molecule has 0 spiro atoms. The van der Waals surface area contributed by atoms with Gasteiger partial charge in [-0.25, -0.2) is 4.79 Å². The summed E-state index contributed by atoms with van der Waals surface area (Å²) in [6.07, 6.45) is 2.72. The standard InChI is InChI=1S/C15H14N2O4/c1-16-13(19)12(14(20)17(2)15(16)21)11(18)9-8-10-6-4-3-5-7-10/h3-9,19H,1-2H3. The van der Waals surface area contributed by atoms with E-state index < -0.39 is 28.5 Å².